The molecule has 2 N–H and O–H groups in total. The number of carboxylic acid groups (broad SMARTS) is 1. The van der Waals surface area contributed by atoms with Crippen molar-refractivity contribution in [2.75, 3.05) is 0 Å². The van der Waals surface area contributed by atoms with Gasteiger partial charge in [-0.05, 0) is 34.5 Å². The van der Waals surface area contributed by atoms with Crippen LogP contribution in [0.1, 0.15) is 16.1 Å². The zero-order chi connectivity index (χ0) is 12.6. The van der Waals surface area contributed by atoms with Gasteiger partial charge in [0.1, 0.15) is 5.75 Å². The van der Waals surface area contributed by atoms with Crippen LogP contribution in [-0.2, 0) is 0 Å². The average molecular weight is 298 g/mol. The van der Waals surface area contributed by atoms with Gasteiger partial charge in [0, 0.05) is 11.6 Å². The molecule has 0 saturated carbocycles. The highest BCUT2D eigenvalue weighted by atomic mass is 79.9. The molecule has 0 atom stereocenters. The van der Waals surface area contributed by atoms with Gasteiger partial charge in [0.05, 0.1) is 4.47 Å². The first-order chi connectivity index (χ1) is 8.00. The minimum Gasteiger partial charge on any atom is -0.506 e. The Labute approximate surface area is 105 Å². The third-order valence-electron chi connectivity index (χ3n) is 2.31. The van der Waals surface area contributed by atoms with E-state index in [0.29, 0.717) is 15.6 Å². The van der Waals surface area contributed by atoms with Crippen LogP contribution in [0.25, 0.3) is 11.3 Å². The molecule has 1 aromatic heterocycles. The topological polar surface area (TPSA) is 83.6 Å². The molecule has 0 unspecified atom stereocenters. The van der Waals surface area contributed by atoms with E-state index in [1.54, 1.807) is 19.1 Å². The molecule has 5 nitrogen and oxygen atoms in total. The predicted octanol–water partition coefficient (Wildman–Crippen LogP) is 2.82. The number of hydrogen-bond donors (Lipinski definition) is 2. The second-order valence-electron chi connectivity index (χ2n) is 3.47. The van der Waals surface area contributed by atoms with Gasteiger partial charge in [-0.2, -0.15) is 0 Å². The van der Waals surface area contributed by atoms with E-state index in [-0.39, 0.29) is 17.2 Å². The number of phenols is 1. The van der Waals surface area contributed by atoms with Crippen LogP contribution < -0.4 is 0 Å². The average Bonchev–Trinajstić information content (AvgIpc) is 2.75. The van der Waals surface area contributed by atoms with Crippen molar-refractivity contribution in [3.05, 3.63) is 33.9 Å². The molecule has 2 rings (SSSR count). The van der Waals surface area contributed by atoms with Crippen molar-refractivity contribution in [2.24, 2.45) is 0 Å². The smallest absolute Gasteiger partial charge is 0.358 e. The Bertz CT molecular complexity index is 591. The highest BCUT2D eigenvalue weighted by molar-refractivity contribution is 9.10. The lowest BCUT2D eigenvalue weighted by Crippen LogP contribution is -1.94. The molecule has 0 fully saturated rings. The van der Waals surface area contributed by atoms with Crippen molar-refractivity contribution in [3.63, 3.8) is 0 Å². The van der Waals surface area contributed by atoms with Crippen molar-refractivity contribution in [2.45, 2.75) is 6.92 Å². The minimum absolute atomic E-state index is 0.0933. The molecule has 0 amide bonds. The Morgan fingerprint density at radius 2 is 2.18 bits per heavy atom. The number of aromatic nitrogens is 1. The predicted molar refractivity (Wildman–Crippen MR) is 63.0 cm³/mol. The van der Waals surface area contributed by atoms with Crippen molar-refractivity contribution >= 4 is 21.9 Å². The first-order valence-electron chi connectivity index (χ1n) is 4.69. The molecule has 0 saturated heterocycles. The second kappa shape index (κ2) is 4.21. The van der Waals surface area contributed by atoms with Gasteiger partial charge in [0.25, 0.3) is 0 Å². The SMILES string of the molecule is Cc1ccc(-c2cc(C(=O)O)no2)c(Br)c1O. The van der Waals surface area contributed by atoms with Crippen molar-refractivity contribution in [1.29, 1.82) is 0 Å². The molecule has 0 radical (unpaired) electrons. The number of phenolic OH excluding ortho intramolecular Hbond substituents is 1. The first kappa shape index (κ1) is 11.7. The summed E-state index contributed by atoms with van der Waals surface area (Å²) in [7, 11) is 0. The number of halogens is 1. The first-order valence-corrected chi connectivity index (χ1v) is 5.48. The molecule has 1 heterocycles. The Kier molecular flexibility index (Phi) is 2.89. The fraction of sp³-hybridized carbons (Fsp3) is 0.0909. The number of carboxylic acids is 1. The fourth-order valence-electron chi connectivity index (χ4n) is 1.35. The molecule has 0 spiro atoms. The Balaban J connectivity index is 2.53. The summed E-state index contributed by atoms with van der Waals surface area (Å²) in [4.78, 5) is 10.7. The Hall–Kier alpha value is -1.82. The van der Waals surface area contributed by atoms with E-state index in [1.165, 1.54) is 6.07 Å². The van der Waals surface area contributed by atoms with Crippen molar-refractivity contribution in [3.8, 4) is 17.1 Å². The van der Waals surface area contributed by atoms with E-state index >= 15 is 0 Å². The van der Waals surface area contributed by atoms with Crippen LogP contribution in [0.5, 0.6) is 5.75 Å². The number of nitrogens with zero attached hydrogens (tertiary/aromatic N) is 1. The summed E-state index contributed by atoms with van der Waals surface area (Å²) < 4.78 is 5.37. The third kappa shape index (κ3) is 2.03. The van der Waals surface area contributed by atoms with Crippen LogP contribution in [0.15, 0.2) is 27.2 Å². The summed E-state index contributed by atoms with van der Waals surface area (Å²) in [5, 5.41) is 21.9. The lowest BCUT2D eigenvalue weighted by molar-refractivity contribution is 0.0686. The number of rotatable bonds is 2. The highest BCUT2D eigenvalue weighted by Crippen LogP contribution is 2.37. The van der Waals surface area contributed by atoms with Crippen LogP contribution in [-0.4, -0.2) is 21.3 Å². The standard InChI is InChI=1S/C11H8BrNO4/c1-5-2-3-6(9(12)10(5)14)8-4-7(11(15)16)13-17-8/h2-4,14H,1H3,(H,15,16). The normalized spacial score (nSPS) is 10.5. The second-order valence-corrected chi connectivity index (χ2v) is 4.27. The molecule has 17 heavy (non-hydrogen) atoms. The molecule has 2 aromatic rings. The molecule has 0 aliphatic heterocycles. The van der Waals surface area contributed by atoms with E-state index in [1.807, 2.05) is 0 Å². The quantitative estimate of drug-likeness (QED) is 0.890. The van der Waals surface area contributed by atoms with Crippen LogP contribution in [0.4, 0.5) is 0 Å². The van der Waals surface area contributed by atoms with Gasteiger partial charge in [-0.1, -0.05) is 11.2 Å². The minimum atomic E-state index is -1.16. The van der Waals surface area contributed by atoms with E-state index < -0.39 is 5.97 Å². The third-order valence-corrected chi connectivity index (χ3v) is 3.12. The summed E-state index contributed by atoms with van der Waals surface area (Å²) in [6, 6.07) is 4.72. The Morgan fingerprint density at radius 1 is 1.47 bits per heavy atom. The molecule has 6 heteroatoms. The van der Waals surface area contributed by atoms with Crippen molar-refractivity contribution in [1.82, 2.24) is 5.16 Å². The van der Waals surface area contributed by atoms with E-state index in [2.05, 4.69) is 21.1 Å². The summed E-state index contributed by atoms with van der Waals surface area (Å²) in [5.74, 6) is -0.784. The molecule has 0 aliphatic rings. The number of aromatic carboxylic acids is 1. The zero-order valence-corrected chi connectivity index (χ0v) is 10.4. The van der Waals surface area contributed by atoms with Crippen LogP contribution in [0.3, 0.4) is 0 Å². The van der Waals surface area contributed by atoms with E-state index in [4.69, 9.17) is 9.63 Å². The lowest BCUT2D eigenvalue weighted by Gasteiger charge is -2.05. The van der Waals surface area contributed by atoms with Crippen LogP contribution in [0, 0.1) is 6.92 Å². The van der Waals surface area contributed by atoms with Gasteiger partial charge in [-0.3, -0.25) is 0 Å². The van der Waals surface area contributed by atoms with Gasteiger partial charge in [-0.15, -0.1) is 0 Å². The molecule has 0 aliphatic carbocycles. The largest absolute Gasteiger partial charge is 0.506 e. The molecule has 1 aromatic carbocycles. The molecule has 0 bridgehead atoms. The maximum Gasteiger partial charge on any atom is 0.358 e. The van der Waals surface area contributed by atoms with Crippen LogP contribution >= 0.6 is 15.9 Å². The van der Waals surface area contributed by atoms with Gasteiger partial charge in [0.2, 0.25) is 0 Å². The lowest BCUT2D eigenvalue weighted by atomic mass is 10.1. The Morgan fingerprint density at radius 3 is 2.76 bits per heavy atom. The number of aryl methyl sites for hydroxylation is 1. The van der Waals surface area contributed by atoms with E-state index in [9.17, 15) is 9.90 Å². The monoisotopic (exact) mass is 297 g/mol. The number of carbonyl (C=O) groups is 1. The maximum atomic E-state index is 10.7. The summed E-state index contributed by atoms with van der Waals surface area (Å²) in [5.41, 5.74) is 1.08. The molecular weight excluding hydrogens is 290 g/mol. The van der Waals surface area contributed by atoms with E-state index in [0.717, 1.165) is 0 Å². The summed E-state index contributed by atoms with van der Waals surface area (Å²) in [6.45, 7) is 1.76. The fourth-order valence-corrected chi connectivity index (χ4v) is 1.99. The van der Waals surface area contributed by atoms with Gasteiger partial charge >= 0.3 is 5.97 Å². The zero-order valence-electron chi connectivity index (χ0n) is 8.77. The summed E-state index contributed by atoms with van der Waals surface area (Å²) >= 11 is 3.23. The molecule has 88 valence electrons. The highest BCUT2D eigenvalue weighted by Gasteiger charge is 2.16. The number of hydrogen-bond acceptors (Lipinski definition) is 4. The van der Waals surface area contributed by atoms with Gasteiger partial charge in [0.15, 0.2) is 11.5 Å². The number of benzene rings is 1. The molecular formula is C11H8BrNO4. The summed E-state index contributed by atoms with van der Waals surface area (Å²) in [6.07, 6.45) is 0. The van der Waals surface area contributed by atoms with Gasteiger partial charge < -0.3 is 14.7 Å². The maximum absolute atomic E-state index is 10.7. The van der Waals surface area contributed by atoms with Crippen molar-refractivity contribution < 1.29 is 19.5 Å². The van der Waals surface area contributed by atoms with Gasteiger partial charge in [-0.25, -0.2) is 4.79 Å². The van der Waals surface area contributed by atoms with Crippen LogP contribution in [0.2, 0.25) is 0 Å². The number of aromatic hydroxyl groups is 1.